The summed E-state index contributed by atoms with van der Waals surface area (Å²) in [6.45, 7) is 8.89. The quantitative estimate of drug-likeness (QED) is 0.688. The summed E-state index contributed by atoms with van der Waals surface area (Å²) in [5.41, 5.74) is 4.96. The van der Waals surface area contributed by atoms with Crippen molar-refractivity contribution in [2.75, 3.05) is 0 Å². The first-order valence-corrected chi connectivity index (χ1v) is 7.86. The molecule has 2 aliphatic heterocycles. The Labute approximate surface area is 132 Å². The lowest BCUT2D eigenvalue weighted by atomic mass is 9.81. The van der Waals surface area contributed by atoms with Crippen molar-refractivity contribution in [2.45, 2.75) is 62.9 Å². The minimum atomic E-state index is -0.0760. The third-order valence-corrected chi connectivity index (χ3v) is 6.00. The highest BCUT2D eigenvalue weighted by Gasteiger charge is 2.55. The van der Waals surface area contributed by atoms with Crippen LogP contribution in [-0.2, 0) is 29.4 Å². The van der Waals surface area contributed by atoms with Crippen LogP contribution in [-0.4, -0.2) is 27.6 Å². The highest BCUT2D eigenvalue weighted by atomic mass is 16.6. The van der Waals surface area contributed by atoms with Crippen molar-refractivity contribution >= 4 is 15.4 Å². The Morgan fingerprint density at radius 3 is 1.55 bits per heavy atom. The smallest absolute Gasteiger partial charge is 0.406 e. The predicted molar refractivity (Wildman–Crippen MR) is 81.4 cm³/mol. The molecule has 112 valence electrons. The van der Waals surface area contributed by atoms with E-state index in [-0.39, 0.29) is 35.2 Å². The molecule has 0 saturated carbocycles. The van der Waals surface area contributed by atoms with Crippen LogP contribution < -0.4 is 0 Å². The van der Waals surface area contributed by atoms with E-state index in [2.05, 4.69) is 39.8 Å². The maximum atomic E-state index is 5.75. The van der Waals surface area contributed by atoms with Gasteiger partial charge in [0.1, 0.15) is 0 Å². The van der Waals surface area contributed by atoms with E-state index in [4.69, 9.17) is 18.6 Å². The topological polar surface area (TPSA) is 36.9 Å². The van der Waals surface area contributed by atoms with Crippen LogP contribution in [0.1, 0.15) is 62.2 Å². The molecule has 4 atom stereocenters. The van der Waals surface area contributed by atoms with E-state index in [0.29, 0.717) is 0 Å². The third kappa shape index (κ3) is 1.41. The molecule has 1 aromatic rings. The lowest BCUT2D eigenvalue weighted by Gasteiger charge is -2.27. The highest BCUT2D eigenvalue weighted by molar-refractivity contribution is 6.19. The molecule has 2 aliphatic carbocycles. The van der Waals surface area contributed by atoms with Crippen molar-refractivity contribution in [3.05, 3.63) is 34.4 Å². The second-order valence-electron chi connectivity index (χ2n) is 7.89. The minimum Gasteiger partial charge on any atom is -0.406 e. The predicted octanol–water partition coefficient (Wildman–Crippen LogP) is 2.25. The van der Waals surface area contributed by atoms with Crippen molar-refractivity contribution in [3.8, 4) is 0 Å². The van der Waals surface area contributed by atoms with E-state index < -0.39 is 0 Å². The van der Waals surface area contributed by atoms with Gasteiger partial charge in [0.2, 0.25) is 0 Å². The van der Waals surface area contributed by atoms with Gasteiger partial charge in [-0.3, -0.25) is 0 Å². The largest absolute Gasteiger partial charge is 0.488 e. The molecule has 2 fully saturated rings. The van der Waals surface area contributed by atoms with E-state index in [9.17, 15) is 0 Å². The van der Waals surface area contributed by atoms with Crippen LogP contribution >= 0.6 is 0 Å². The molecule has 0 spiro atoms. The molecule has 22 heavy (non-hydrogen) atoms. The van der Waals surface area contributed by atoms with E-state index >= 15 is 0 Å². The van der Waals surface area contributed by atoms with Gasteiger partial charge in [0, 0.05) is 10.8 Å². The van der Waals surface area contributed by atoms with E-state index in [1.165, 1.54) is 37.6 Å². The van der Waals surface area contributed by atoms with Gasteiger partial charge in [-0.05, 0) is 22.3 Å². The number of hydrogen-bond acceptors (Lipinski definition) is 4. The minimum absolute atomic E-state index is 0.0000557. The van der Waals surface area contributed by atoms with Gasteiger partial charge in [-0.2, -0.15) is 0 Å². The van der Waals surface area contributed by atoms with Crippen molar-refractivity contribution in [3.63, 3.8) is 0 Å². The summed E-state index contributed by atoms with van der Waals surface area (Å²) in [7, 11) is 2.99. The molecule has 5 rings (SSSR count). The number of rotatable bonds is 0. The molecule has 2 saturated heterocycles. The van der Waals surface area contributed by atoms with Crippen LogP contribution in [0.5, 0.6) is 0 Å². The van der Waals surface area contributed by atoms with Crippen LogP contribution in [0.4, 0.5) is 0 Å². The lowest BCUT2D eigenvalue weighted by Crippen LogP contribution is -2.30. The molecule has 0 amide bonds. The molecule has 4 aliphatic rings. The summed E-state index contributed by atoms with van der Waals surface area (Å²) >= 11 is 0. The third-order valence-electron chi connectivity index (χ3n) is 6.00. The molecule has 2 heterocycles. The summed E-state index contributed by atoms with van der Waals surface area (Å²) in [6.07, 6.45) is 0.104. The maximum Gasteiger partial charge on any atom is 0.488 e. The zero-order chi connectivity index (χ0) is 15.3. The first-order chi connectivity index (χ1) is 10.4. The van der Waals surface area contributed by atoms with Crippen LogP contribution in [0, 0.1) is 0 Å². The van der Waals surface area contributed by atoms with Crippen molar-refractivity contribution in [1.82, 2.24) is 0 Å². The molecule has 4 unspecified atom stereocenters. The SMILES string of the molecule is CC1(C)c2cc3c(cc2C2O[B]OC21)C(C)(C)C1O[B]OC31. The molecule has 6 heteroatoms. The Morgan fingerprint density at radius 2 is 1.14 bits per heavy atom. The van der Waals surface area contributed by atoms with Gasteiger partial charge in [-0.1, -0.05) is 39.8 Å². The summed E-state index contributed by atoms with van der Waals surface area (Å²) < 4.78 is 23.0. The molecule has 1 aromatic carbocycles. The van der Waals surface area contributed by atoms with Gasteiger partial charge in [-0.15, -0.1) is 0 Å². The van der Waals surface area contributed by atoms with E-state index in [0.717, 1.165) is 0 Å². The fourth-order valence-electron chi connectivity index (χ4n) is 4.69. The Balaban J connectivity index is 1.73. The molecule has 0 N–H and O–H groups in total. The Morgan fingerprint density at radius 1 is 0.727 bits per heavy atom. The summed E-state index contributed by atoms with van der Waals surface area (Å²) in [5.74, 6) is 0. The molecule has 4 nitrogen and oxygen atoms in total. The lowest BCUT2D eigenvalue weighted by molar-refractivity contribution is 0.113. The van der Waals surface area contributed by atoms with Crippen LogP contribution in [0.15, 0.2) is 12.1 Å². The van der Waals surface area contributed by atoms with Gasteiger partial charge in [-0.25, -0.2) is 0 Å². The van der Waals surface area contributed by atoms with Gasteiger partial charge >= 0.3 is 15.4 Å². The molecular formula is C16H18B2O4. The van der Waals surface area contributed by atoms with Crippen molar-refractivity contribution in [1.29, 1.82) is 0 Å². The molecular weight excluding hydrogens is 278 g/mol. The summed E-state index contributed by atoms with van der Waals surface area (Å²) in [5, 5.41) is 0. The Hall–Kier alpha value is -0.810. The number of benzene rings is 1. The van der Waals surface area contributed by atoms with Crippen molar-refractivity contribution < 1.29 is 18.6 Å². The second kappa shape index (κ2) is 3.99. The number of fused-ring (bicyclic) bond motifs is 6. The van der Waals surface area contributed by atoms with Gasteiger partial charge in [0.15, 0.2) is 0 Å². The van der Waals surface area contributed by atoms with Gasteiger partial charge in [0.05, 0.1) is 24.4 Å². The Kier molecular flexibility index (Phi) is 2.47. The zero-order valence-corrected chi connectivity index (χ0v) is 13.3. The van der Waals surface area contributed by atoms with Gasteiger partial charge in [0.25, 0.3) is 0 Å². The summed E-state index contributed by atoms with van der Waals surface area (Å²) in [6, 6.07) is 4.59. The maximum absolute atomic E-state index is 5.75. The molecule has 0 bridgehead atoms. The van der Waals surface area contributed by atoms with Crippen LogP contribution in [0.3, 0.4) is 0 Å². The first-order valence-electron chi connectivity index (χ1n) is 7.86. The average molecular weight is 296 g/mol. The summed E-state index contributed by atoms with van der Waals surface area (Å²) in [4.78, 5) is 0. The van der Waals surface area contributed by atoms with Gasteiger partial charge < -0.3 is 18.6 Å². The fraction of sp³-hybridized carbons (Fsp3) is 0.625. The fourth-order valence-corrected chi connectivity index (χ4v) is 4.69. The van der Waals surface area contributed by atoms with Crippen LogP contribution in [0.25, 0.3) is 0 Å². The van der Waals surface area contributed by atoms with E-state index in [1.54, 1.807) is 0 Å². The monoisotopic (exact) mass is 296 g/mol. The highest BCUT2D eigenvalue weighted by Crippen LogP contribution is 2.56. The average Bonchev–Trinajstić information content (AvgIpc) is 3.19. The standard InChI is InChI=1S/C16H18B2O4/c1-15(2)9-5-8-10(6-7(9)11-13(15)21-17-19-11)16(3,4)14-12(8)20-18-22-14/h5-6,11-14H,1-4H3. The van der Waals surface area contributed by atoms with Crippen LogP contribution in [0.2, 0.25) is 0 Å². The Bertz CT molecular complexity index is 615. The first kappa shape index (κ1) is 13.6. The molecule has 2 radical (unpaired) electrons. The normalized spacial score (nSPS) is 38.7. The second-order valence-corrected chi connectivity index (χ2v) is 7.89. The molecule has 0 aromatic heterocycles. The number of hydrogen-bond donors (Lipinski definition) is 0. The van der Waals surface area contributed by atoms with E-state index in [1.807, 2.05) is 0 Å². The van der Waals surface area contributed by atoms with Crippen molar-refractivity contribution in [2.24, 2.45) is 0 Å². The zero-order valence-electron chi connectivity index (χ0n) is 13.3.